The van der Waals surface area contributed by atoms with Crippen molar-refractivity contribution >= 4 is 123 Å². The summed E-state index contributed by atoms with van der Waals surface area (Å²) in [4.78, 5) is 28.0. The number of fused-ring (bicyclic) bond motifs is 2. The first-order valence-electron chi connectivity index (χ1n) is 33.8. The molecule has 0 radical (unpaired) electrons. The molecule has 16 aromatic rings. The normalized spacial score (nSPS) is 13.0. The number of hydrogen-bond acceptors (Lipinski definition) is 7. The van der Waals surface area contributed by atoms with Gasteiger partial charge in [-0.25, -0.2) is 24.8 Å². The number of amidine groups is 2. The van der Waals surface area contributed by atoms with Gasteiger partial charge in [-0.15, -0.1) is 0 Å². The van der Waals surface area contributed by atoms with Crippen molar-refractivity contribution in [2.45, 2.75) is 0 Å². The average Bonchev–Trinajstić information content (AvgIpc) is 1.57. The summed E-state index contributed by atoms with van der Waals surface area (Å²) < 4.78 is 0. The smallest absolute Gasteiger partial charge is 0.212 e. The molecule has 14 aromatic carbocycles. The summed E-state index contributed by atoms with van der Waals surface area (Å²) in [5.74, 6) is 2.80. The zero-order valence-electron chi connectivity index (χ0n) is 54.9. The minimum Gasteiger partial charge on any atom is -0.339 e. The van der Waals surface area contributed by atoms with E-state index in [9.17, 15) is 5.26 Å². The Bertz CT molecular complexity index is 5750. The molecule has 2 aromatic heterocycles. The summed E-state index contributed by atoms with van der Waals surface area (Å²) in [6.07, 6.45) is 3.75. The second-order valence-electron chi connectivity index (χ2n) is 25.4. The minimum absolute atomic E-state index is 0.255. The van der Waals surface area contributed by atoms with Gasteiger partial charge in [-0.1, -0.05) is 218 Å². The first-order chi connectivity index (χ1) is 50.4. The first-order valence-corrected chi connectivity index (χ1v) is 33.8. The van der Waals surface area contributed by atoms with Gasteiger partial charge in [0.2, 0.25) is 5.70 Å². The fourth-order valence-corrected chi connectivity index (χ4v) is 14.4. The van der Waals surface area contributed by atoms with E-state index in [0.717, 1.165) is 113 Å². The van der Waals surface area contributed by atoms with Crippen LogP contribution < -0.4 is 20.4 Å². The van der Waals surface area contributed by atoms with E-state index in [1.165, 1.54) is 43.1 Å². The number of nitrogens with zero attached hydrogens (tertiary/aromatic N) is 8. The number of hydrogen-bond donors (Lipinski definition) is 2. The van der Waals surface area contributed by atoms with Gasteiger partial charge in [0, 0.05) is 90.9 Å². The average molecular weight is 1300 g/mol. The number of aliphatic imine (C=N–C) groups is 2. The number of nitrogens with one attached hydrogen (secondary N) is 2. The van der Waals surface area contributed by atoms with Crippen LogP contribution in [0, 0.1) is 17.9 Å². The summed E-state index contributed by atoms with van der Waals surface area (Å²) in [5, 5.41) is 27.5. The molecular weight excluding hydrogens is 1250 g/mol. The molecular formula is C92H58N10. The van der Waals surface area contributed by atoms with Crippen molar-refractivity contribution in [3.63, 3.8) is 0 Å². The number of rotatable bonds is 14. The SMILES string of the molecule is [C-]#[N+]/C(=C(/C#N)c1ccc(N(c2ccc(-c3ccc(N=C4Nc5cccc6cccc4c56)nc3)cc2)c2ccc(-c3cccc4ccccc34)cc2)cc1)c1ccc(N(c2ccc(-c3ccc(N=C4Nc5cccc6cccc4c56)nc3)cc2)c2ccc(-c3cccc4ccccc34)cc2)cc1. The molecule has 476 valence electrons. The topological polar surface area (TPSA) is 109 Å². The molecule has 2 aliphatic heterocycles. The van der Waals surface area contributed by atoms with Crippen molar-refractivity contribution in [1.29, 1.82) is 5.26 Å². The molecule has 0 atom stereocenters. The Kier molecular flexibility index (Phi) is 15.1. The molecule has 0 fully saturated rings. The Morgan fingerprint density at radius 3 is 1.05 bits per heavy atom. The Morgan fingerprint density at radius 1 is 0.333 bits per heavy atom. The quantitative estimate of drug-likeness (QED) is 0.0634. The number of benzene rings is 14. The van der Waals surface area contributed by atoms with Crippen LogP contribution in [0.3, 0.4) is 0 Å². The zero-order valence-corrected chi connectivity index (χ0v) is 54.9. The molecule has 0 saturated carbocycles. The molecule has 102 heavy (non-hydrogen) atoms. The molecule has 0 saturated heterocycles. The molecule has 0 aliphatic carbocycles. The highest BCUT2D eigenvalue weighted by Crippen LogP contribution is 2.43. The maximum absolute atomic E-state index is 11.1. The Balaban J connectivity index is 0.645. The highest BCUT2D eigenvalue weighted by atomic mass is 15.1. The lowest BCUT2D eigenvalue weighted by Gasteiger charge is -2.26. The van der Waals surface area contributed by atoms with Crippen molar-refractivity contribution in [2.75, 3.05) is 20.4 Å². The molecule has 0 unspecified atom stereocenters. The molecule has 0 amide bonds. The van der Waals surface area contributed by atoms with Crippen molar-refractivity contribution in [3.05, 3.63) is 374 Å². The van der Waals surface area contributed by atoms with Crippen LogP contribution in [0.1, 0.15) is 22.3 Å². The Hall–Kier alpha value is -14.3. The van der Waals surface area contributed by atoms with Crippen LogP contribution in [0.2, 0.25) is 0 Å². The summed E-state index contributed by atoms with van der Waals surface area (Å²) in [7, 11) is 0. The third-order valence-corrected chi connectivity index (χ3v) is 19.4. The fourth-order valence-electron chi connectivity index (χ4n) is 14.4. The van der Waals surface area contributed by atoms with Crippen molar-refractivity contribution in [2.24, 2.45) is 9.98 Å². The Morgan fingerprint density at radius 2 is 0.667 bits per heavy atom. The van der Waals surface area contributed by atoms with Gasteiger partial charge in [-0.3, -0.25) is 0 Å². The third kappa shape index (κ3) is 11.1. The standard InChI is InChI=1S/C92H58N10/c1-94-90(68-38-52-76(53-39-68)102(74-48-34-64(35-49-74)80-23-7-15-62-13-3-5-21-78(62)80)72-44-30-60(31-45-72)70-41-55-87(96-58-70)100-92-82-25-9-17-67-19-11-27-85(98-92)89(67)82)83(56-93)65-36-50-75(51-37-65)101(73-46-32-63(33-47-73)79-22-6-14-61-12-2-4-20-77(61)79)71-42-28-59(29-43-71)69-40-54-86(95-57-69)99-91-81-24-8-16-66-18-10-26-84(97-91)88(66)81/h2-55,57-58H,(H,95,97,99)(H,96,98,100)/b90-83-. The molecule has 0 spiro atoms. The van der Waals surface area contributed by atoms with E-state index in [-0.39, 0.29) is 11.3 Å². The highest BCUT2D eigenvalue weighted by molar-refractivity contribution is 6.27. The molecule has 10 heteroatoms. The van der Waals surface area contributed by atoms with Crippen molar-refractivity contribution in [3.8, 4) is 50.6 Å². The van der Waals surface area contributed by atoms with Gasteiger partial charge in [0.05, 0.1) is 18.2 Å². The van der Waals surface area contributed by atoms with E-state index < -0.39 is 0 Å². The third-order valence-electron chi connectivity index (χ3n) is 19.4. The van der Waals surface area contributed by atoms with E-state index >= 15 is 0 Å². The molecule has 2 N–H and O–H groups in total. The summed E-state index contributed by atoms with van der Waals surface area (Å²) >= 11 is 0. The zero-order chi connectivity index (χ0) is 68.0. The lowest BCUT2D eigenvalue weighted by Crippen LogP contribution is -2.10. The van der Waals surface area contributed by atoms with Crippen molar-refractivity contribution < 1.29 is 0 Å². The minimum atomic E-state index is 0.255. The predicted octanol–water partition coefficient (Wildman–Crippen LogP) is 24.0. The maximum Gasteiger partial charge on any atom is 0.212 e. The van der Waals surface area contributed by atoms with Gasteiger partial charge in [0.1, 0.15) is 11.7 Å². The number of aromatic nitrogens is 2. The van der Waals surface area contributed by atoms with E-state index in [1.807, 2.05) is 73.1 Å². The van der Waals surface area contributed by atoms with E-state index in [1.54, 1.807) is 0 Å². The Labute approximate surface area is 589 Å². The number of nitriles is 1. The monoisotopic (exact) mass is 1300 g/mol. The molecule has 4 heterocycles. The highest BCUT2D eigenvalue weighted by Gasteiger charge is 2.24. The predicted molar refractivity (Wildman–Crippen MR) is 421 cm³/mol. The second-order valence-corrected chi connectivity index (χ2v) is 25.4. The van der Waals surface area contributed by atoms with Crippen LogP contribution >= 0.6 is 0 Å². The van der Waals surface area contributed by atoms with Gasteiger partial charge in [-0.05, 0) is 186 Å². The van der Waals surface area contributed by atoms with Gasteiger partial charge in [0.15, 0.2) is 11.6 Å². The van der Waals surface area contributed by atoms with Crippen LogP contribution in [-0.2, 0) is 0 Å². The number of anilines is 8. The summed E-state index contributed by atoms with van der Waals surface area (Å²) in [6, 6.07) is 115. The van der Waals surface area contributed by atoms with E-state index in [2.05, 4.69) is 298 Å². The van der Waals surface area contributed by atoms with E-state index in [4.69, 9.17) is 26.5 Å². The molecule has 0 bridgehead atoms. The number of allylic oxidation sites excluding steroid dienone is 1. The van der Waals surface area contributed by atoms with Crippen molar-refractivity contribution in [1.82, 2.24) is 9.97 Å². The van der Waals surface area contributed by atoms with Gasteiger partial charge in [0.25, 0.3) is 0 Å². The van der Waals surface area contributed by atoms with Crippen LogP contribution in [-0.4, -0.2) is 21.6 Å². The maximum atomic E-state index is 11.1. The number of pyridine rings is 2. The lowest BCUT2D eigenvalue weighted by molar-refractivity contribution is 1.27. The molecule has 2 aliphatic rings. The summed E-state index contributed by atoms with van der Waals surface area (Å²) in [6.45, 7) is 8.64. The van der Waals surface area contributed by atoms with Crippen LogP contribution in [0.4, 0.5) is 57.1 Å². The second kappa shape index (κ2) is 25.6. The molecule has 10 nitrogen and oxygen atoms in total. The van der Waals surface area contributed by atoms with Crippen LogP contribution in [0.25, 0.3) is 104 Å². The largest absolute Gasteiger partial charge is 0.339 e. The summed E-state index contributed by atoms with van der Waals surface area (Å²) in [5.41, 5.74) is 20.0. The molecule has 18 rings (SSSR count). The van der Waals surface area contributed by atoms with Gasteiger partial charge in [-0.2, -0.15) is 5.26 Å². The van der Waals surface area contributed by atoms with E-state index in [0.29, 0.717) is 22.8 Å². The fraction of sp³-hybridized carbons (Fsp3) is 0. The van der Waals surface area contributed by atoms with Gasteiger partial charge < -0.3 is 20.4 Å². The first kappa shape index (κ1) is 60.1. The van der Waals surface area contributed by atoms with Crippen LogP contribution in [0.15, 0.2) is 350 Å². The van der Waals surface area contributed by atoms with Crippen LogP contribution in [0.5, 0.6) is 0 Å². The van der Waals surface area contributed by atoms with Gasteiger partial charge >= 0.3 is 0 Å². The lowest BCUT2D eigenvalue weighted by atomic mass is 9.97.